The second-order valence-corrected chi connectivity index (χ2v) is 13.2. The second-order valence-electron chi connectivity index (χ2n) is 11.6. The first-order valence-electron chi connectivity index (χ1n) is 15.4. The zero-order chi connectivity index (χ0) is 33.2. The fraction of sp³-hybridized carbons (Fsp3) is 0.314. The minimum Gasteiger partial charge on any atom is -0.497 e. The number of nitrogens with zero attached hydrogens (tertiary/aromatic N) is 6. The SMILES string of the molecule is COc1ccc(C(=O)/C=C/C(=O)N2CCCN(C(=O)C[C@@H]3N=C(c4ccc(Cl)cc4)c4c(sc(C)c4C)-n4c(C)nnc43)CC2)cc1. The van der Waals surface area contributed by atoms with Gasteiger partial charge in [-0.15, -0.1) is 21.5 Å². The van der Waals surface area contributed by atoms with Gasteiger partial charge in [0.1, 0.15) is 22.6 Å². The number of aliphatic imine (C=N–C) groups is 1. The van der Waals surface area contributed by atoms with Gasteiger partial charge in [0.25, 0.3) is 0 Å². The van der Waals surface area contributed by atoms with E-state index in [1.807, 2.05) is 35.8 Å². The number of ketones is 1. The van der Waals surface area contributed by atoms with Crippen LogP contribution in [0.4, 0.5) is 0 Å². The highest BCUT2D eigenvalue weighted by atomic mass is 35.5. The van der Waals surface area contributed by atoms with Crippen molar-refractivity contribution in [2.45, 2.75) is 39.7 Å². The van der Waals surface area contributed by atoms with Gasteiger partial charge in [-0.25, -0.2) is 0 Å². The fourth-order valence-corrected chi connectivity index (χ4v) is 7.26. The van der Waals surface area contributed by atoms with Gasteiger partial charge in [0.2, 0.25) is 11.8 Å². The summed E-state index contributed by atoms with van der Waals surface area (Å²) in [6.07, 6.45) is 3.32. The van der Waals surface area contributed by atoms with Crippen molar-refractivity contribution >= 4 is 46.2 Å². The number of rotatable bonds is 7. The van der Waals surface area contributed by atoms with Gasteiger partial charge in [-0.1, -0.05) is 23.7 Å². The number of hydrogen-bond donors (Lipinski definition) is 0. The molecule has 2 aliphatic heterocycles. The summed E-state index contributed by atoms with van der Waals surface area (Å²) in [5.74, 6) is 1.41. The number of fused-ring (bicyclic) bond motifs is 3. The Morgan fingerprint density at radius 1 is 0.936 bits per heavy atom. The monoisotopic (exact) mass is 670 g/mol. The van der Waals surface area contributed by atoms with Crippen LogP contribution in [-0.4, -0.2) is 81.2 Å². The van der Waals surface area contributed by atoms with Crippen LogP contribution in [0.3, 0.4) is 0 Å². The van der Waals surface area contributed by atoms with Crippen molar-refractivity contribution in [1.29, 1.82) is 0 Å². The molecule has 2 aromatic heterocycles. The number of hydrogen-bond acceptors (Lipinski definition) is 8. The lowest BCUT2D eigenvalue weighted by atomic mass is 9.99. The number of ether oxygens (including phenoxy) is 1. The Labute approximate surface area is 282 Å². The van der Waals surface area contributed by atoms with Gasteiger partial charge in [-0.2, -0.15) is 0 Å². The lowest BCUT2D eigenvalue weighted by Gasteiger charge is -2.23. The smallest absolute Gasteiger partial charge is 0.246 e. The Kier molecular flexibility index (Phi) is 9.38. The number of allylic oxidation sites excluding steroid dienone is 1. The number of carbonyl (C=O) groups is 3. The molecule has 0 aliphatic carbocycles. The normalized spacial score (nSPS) is 16.3. The number of methoxy groups -OCH3 is 1. The molecule has 0 N–H and O–H groups in total. The Morgan fingerprint density at radius 2 is 1.64 bits per heavy atom. The molecule has 242 valence electrons. The largest absolute Gasteiger partial charge is 0.497 e. The molecule has 4 aromatic rings. The Balaban J connectivity index is 1.19. The lowest BCUT2D eigenvalue weighted by Crippen LogP contribution is -2.37. The van der Waals surface area contributed by atoms with E-state index in [2.05, 4.69) is 24.0 Å². The summed E-state index contributed by atoms with van der Waals surface area (Å²) in [6, 6.07) is 13.8. The maximum Gasteiger partial charge on any atom is 0.246 e. The summed E-state index contributed by atoms with van der Waals surface area (Å²) in [5.41, 5.74) is 4.31. The van der Waals surface area contributed by atoms with E-state index in [-0.39, 0.29) is 24.0 Å². The molecule has 10 nitrogen and oxygen atoms in total. The van der Waals surface area contributed by atoms with Crippen LogP contribution in [0, 0.1) is 20.8 Å². The van der Waals surface area contributed by atoms with Crippen LogP contribution in [-0.2, 0) is 9.59 Å². The molecule has 1 atom stereocenters. The van der Waals surface area contributed by atoms with E-state index in [1.165, 1.54) is 17.0 Å². The van der Waals surface area contributed by atoms with Crippen LogP contribution in [0.1, 0.15) is 62.5 Å². The number of benzene rings is 2. The second kappa shape index (κ2) is 13.6. The lowest BCUT2D eigenvalue weighted by molar-refractivity contribution is -0.132. The summed E-state index contributed by atoms with van der Waals surface area (Å²) < 4.78 is 7.17. The van der Waals surface area contributed by atoms with Crippen molar-refractivity contribution in [3.63, 3.8) is 0 Å². The van der Waals surface area contributed by atoms with Gasteiger partial charge in [-0.05, 0) is 75.2 Å². The van der Waals surface area contributed by atoms with Crippen LogP contribution in [0.25, 0.3) is 5.00 Å². The van der Waals surface area contributed by atoms with Crippen LogP contribution < -0.4 is 4.74 Å². The molecule has 4 heterocycles. The highest BCUT2D eigenvalue weighted by Crippen LogP contribution is 2.39. The minimum atomic E-state index is -0.568. The maximum absolute atomic E-state index is 13.9. The van der Waals surface area contributed by atoms with Gasteiger partial charge in [0.15, 0.2) is 11.6 Å². The summed E-state index contributed by atoms with van der Waals surface area (Å²) >= 11 is 7.90. The molecule has 6 rings (SSSR count). The van der Waals surface area contributed by atoms with E-state index in [9.17, 15) is 14.4 Å². The zero-order valence-electron chi connectivity index (χ0n) is 26.7. The molecular formula is C35H35ClN6O4S. The van der Waals surface area contributed by atoms with Crippen LogP contribution in [0.2, 0.25) is 5.02 Å². The van der Waals surface area contributed by atoms with Crippen LogP contribution >= 0.6 is 22.9 Å². The van der Waals surface area contributed by atoms with Crippen LogP contribution in [0.5, 0.6) is 5.75 Å². The number of carbonyl (C=O) groups excluding carboxylic acids is 3. The zero-order valence-corrected chi connectivity index (χ0v) is 28.3. The number of aryl methyl sites for hydroxylation is 2. The number of halogens is 1. The predicted molar refractivity (Wildman–Crippen MR) is 182 cm³/mol. The first-order chi connectivity index (χ1) is 22.6. The fourth-order valence-electron chi connectivity index (χ4n) is 5.92. The van der Waals surface area contributed by atoms with Gasteiger partial charge in [0, 0.05) is 58.8 Å². The molecule has 0 spiro atoms. The highest BCUT2D eigenvalue weighted by Gasteiger charge is 2.33. The van der Waals surface area contributed by atoms with Crippen LogP contribution in [0.15, 0.2) is 65.7 Å². The van der Waals surface area contributed by atoms with E-state index < -0.39 is 6.04 Å². The molecule has 0 saturated carbocycles. The van der Waals surface area contributed by atoms with Crippen molar-refractivity contribution in [1.82, 2.24) is 24.6 Å². The Hall–Kier alpha value is -4.61. The maximum atomic E-state index is 13.9. The molecule has 1 fully saturated rings. The van der Waals surface area contributed by atoms with Gasteiger partial charge < -0.3 is 14.5 Å². The first kappa shape index (κ1) is 32.3. The van der Waals surface area contributed by atoms with Crippen molar-refractivity contribution in [3.8, 4) is 10.8 Å². The topological polar surface area (TPSA) is 110 Å². The van der Waals surface area contributed by atoms with Gasteiger partial charge in [-0.3, -0.25) is 23.9 Å². The van der Waals surface area contributed by atoms with Crippen molar-refractivity contribution < 1.29 is 19.1 Å². The summed E-state index contributed by atoms with van der Waals surface area (Å²) in [6.45, 7) is 7.83. The average Bonchev–Trinajstić information content (AvgIpc) is 3.41. The average molecular weight is 671 g/mol. The molecule has 47 heavy (non-hydrogen) atoms. The summed E-state index contributed by atoms with van der Waals surface area (Å²) in [4.78, 5) is 49.3. The highest BCUT2D eigenvalue weighted by molar-refractivity contribution is 7.15. The van der Waals surface area contributed by atoms with E-state index in [4.69, 9.17) is 21.3 Å². The molecule has 2 aliphatic rings. The molecule has 0 unspecified atom stereocenters. The summed E-state index contributed by atoms with van der Waals surface area (Å²) in [5, 5.41) is 10.5. The van der Waals surface area contributed by atoms with Gasteiger partial charge >= 0.3 is 0 Å². The van der Waals surface area contributed by atoms with E-state index in [0.717, 1.165) is 33.2 Å². The number of amides is 2. The minimum absolute atomic E-state index is 0.0703. The third-order valence-electron chi connectivity index (χ3n) is 8.64. The third kappa shape index (κ3) is 6.63. The molecule has 12 heteroatoms. The number of aromatic nitrogens is 3. The number of thiophene rings is 1. The quantitative estimate of drug-likeness (QED) is 0.184. The Bertz CT molecular complexity index is 1890. The molecular weight excluding hydrogens is 636 g/mol. The molecule has 2 amide bonds. The van der Waals surface area contributed by atoms with E-state index in [1.54, 1.807) is 52.5 Å². The molecule has 1 saturated heterocycles. The van der Waals surface area contributed by atoms with E-state index >= 15 is 0 Å². The van der Waals surface area contributed by atoms with Crippen molar-refractivity contribution in [2.75, 3.05) is 33.3 Å². The Morgan fingerprint density at radius 3 is 2.36 bits per heavy atom. The van der Waals surface area contributed by atoms with E-state index in [0.29, 0.717) is 54.8 Å². The standard InChI is InChI=1S/C35H35ClN6O4S/c1-21-22(2)47-35-32(21)33(25-6-10-26(36)11-7-25)37-28(34-39-38-23(3)42(34)35)20-31(45)41-17-5-16-40(18-19-41)30(44)15-14-29(43)24-8-12-27(46-4)13-9-24/h6-15,28H,5,16-20H2,1-4H3/b15-14+/t28-/m0/s1. The third-order valence-corrected chi connectivity index (χ3v) is 10.1. The molecule has 0 radical (unpaired) electrons. The first-order valence-corrected chi connectivity index (χ1v) is 16.6. The molecule has 2 aromatic carbocycles. The van der Waals surface area contributed by atoms with Gasteiger partial charge in [0.05, 0.1) is 19.2 Å². The predicted octanol–water partition coefficient (Wildman–Crippen LogP) is 5.70. The van der Waals surface area contributed by atoms with Crippen molar-refractivity contribution in [2.24, 2.45) is 4.99 Å². The molecule has 0 bridgehead atoms. The van der Waals surface area contributed by atoms with Crippen molar-refractivity contribution in [3.05, 3.63) is 104 Å². The summed E-state index contributed by atoms with van der Waals surface area (Å²) in [7, 11) is 1.56.